The third kappa shape index (κ3) is 4.63. The molecule has 4 bridgehead atoms. The van der Waals surface area contributed by atoms with Crippen LogP contribution in [0.4, 0.5) is 17.1 Å². The van der Waals surface area contributed by atoms with Crippen LogP contribution >= 0.6 is 0 Å². The van der Waals surface area contributed by atoms with Crippen molar-refractivity contribution in [2.24, 2.45) is 0 Å². The Morgan fingerprint density at radius 3 is 1.49 bits per heavy atom. The van der Waals surface area contributed by atoms with E-state index in [-0.39, 0.29) is 0 Å². The molecule has 1 nitrogen and oxygen atoms in total. The summed E-state index contributed by atoms with van der Waals surface area (Å²) in [5, 5.41) is 0. The molecule has 5 aromatic rings. The van der Waals surface area contributed by atoms with Gasteiger partial charge in [-0.15, -0.1) is 0 Å². The smallest absolute Gasteiger partial charge is 0.0462 e. The quantitative estimate of drug-likeness (QED) is 0.264. The van der Waals surface area contributed by atoms with Crippen molar-refractivity contribution in [2.75, 3.05) is 4.90 Å². The molecule has 0 unspecified atom stereocenters. The largest absolute Gasteiger partial charge is 0.311 e. The van der Waals surface area contributed by atoms with Crippen molar-refractivity contribution in [3.05, 3.63) is 150 Å². The van der Waals surface area contributed by atoms with Crippen molar-refractivity contribution in [2.45, 2.75) is 25.7 Å². The van der Waals surface area contributed by atoms with E-state index in [1.165, 1.54) is 33.4 Å². The van der Waals surface area contributed by atoms with E-state index in [2.05, 4.69) is 132 Å². The lowest BCUT2D eigenvalue weighted by molar-refractivity contribution is 0.923. The van der Waals surface area contributed by atoms with Gasteiger partial charge >= 0.3 is 0 Å². The molecule has 0 saturated carbocycles. The summed E-state index contributed by atoms with van der Waals surface area (Å²) in [5.74, 6) is 0. The molecule has 0 aliphatic heterocycles. The maximum atomic E-state index is 2.42. The third-order valence-corrected chi connectivity index (χ3v) is 7.05. The lowest BCUT2D eigenvalue weighted by Gasteiger charge is -2.25. The highest BCUT2D eigenvalue weighted by atomic mass is 15.1. The van der Waals surface area contributed by atoms with Gasteiger partial charge in [0.1, 0.15) is 0 Å². The number of para-hydroxylation sites is 2. The molecule has 35 heavy (non-hydrogen) atoms. The Balaban J connectivity index is 1.37. The molecule has 0 N–H and O–H groups in total. The fourth-order valence-electron chi connectivity index (χ4n) is 5.10. The Bertz CT molecular complexity index is 1360. The molecule has 9 rings (SSSR count). The minimum Gasteiger partial charge on any atom is -0.311 e. The predicted molar refractivity (Wildman–Crippen MR) is 148 cm³/mol. The maximum Gasteiger partial charge on any atom is 0.0462 e. The maximum absolute atomic E-state index is 2.42. The molecule has 1 heteroatoms. The number of hydrogen-bond acceptors (Lipinski definition) is 1. The van der Waals surface area contributed by atoms with E-state index < -0.39 is 0 Å². The first kappa shape index (κ1) is 21.4. The minimum absolute atomic E-state index is 1.05. The minimum atomic E-state index is 1.05. The molecule has 0 saturated heterocycles. The van der Waals surface area contributed by atoms with Crippen molar-refractivity contribution in [3.63, 3.8) is 0 Å². The molecule has 0 amide bonds. The molecule has 4 aliphatic rings. The van der Waals surface area contributed by atoms with Gasteiger partial charge in [-0.2, -0.15) is 0 Å². The summed E-state index contributed by atoms with van der Waals surface area (Å²) in [6.07, 6.45) is 4.28. The summed E-state index contributed by atoms with van der Waals surface area (Å²) >= 11 is 0. The molecule has 170 valence electrons. The van der Waals surface area contributed by atoms with E-state index in [1.54, 1.807) is 0 Å². The second-order valence-electron chi connectivity index (χ2n) is 9.36. The Labute approximate surface area is 208 Å². The third-order valence-electron chi connectivity index (χ3n) is 7.05. The van der Waals surface area contributed by atoms with Crippen LogP contribution < -0.4 is 4.90 Å². The molecular formula is C34H29N. The van der Waals surface area contributed by atoms with Crippen molar-refractivity contribution in [1.29, 1.82) is 0 Å². The summed E-state index contributed by atoms with van der Waals surface area (Å²) < 4.78 is 0. The van der Waals surface area contributed by atoms with Gasteiger partial charge in [-0.3, -0.25) is 0 Å². The lowest BCUT2D eigenvalue weighted by atomic mass is 9.90. The van der Waals surface area contributed by atoms with Crippen LogP contribution in [0, 0.1) is 0 Å². The average Bonchev–Trinajstić information content (AvgIpc) is 2.92. The number of benzene rings is 5. The van der Waals surface area contributed by atoms with Crippen LogP contribution in [-0.4, -0.2) is 0 Å². The molecule has 0 atom stereocenters. The van der Waals surface area contributed by atoms with Crippen LogP contribution in [0.25, 0.3) is 11.1 Å². The van der Waals surface area contributed by atoms with Gasteiger partial charge in [0.15, 0.2) is 0 Å². The molecular weight excluding hydrogens is 422 g/mol. The second kappa shape index (κ2) is 9.64. The Morgan fingerprint density at radius 2 is 0.886 bits per heavy atom. The molecule has 4 aliphatic carbocycles. The van der Waals surface area contributed by atoms with Crippen LogP contribution in [0.5, 0.6) is 0 Å². The summed E-state index contributed by atoms with van der Waals surface area (Å²) in [4.78, 5) is 2.32. The van der Waals surface area contributed by atoms with E-state index in [4.69, 9.17) is 0 Å². The summed E-state index contributed by atoms with van der Waals surface area (Å²) in [6, 6.07) is 46.6. The van der Waals surface area contributed by atoms with Gasteiger partial charge in [-0.05, 0) is 95.5 Å². The van der Waals surface area contributed by atoms with E-state index in [1.807, 2.05) is 0 Å². The van der Waals surface area contributed by atoms with Gasteiger partial charge in [0.05, 0.1) is 0 Å². The van der Waals surface area contributed by atoms with Crippen LogP contribution in [-0.2, 0) is 25.7 Å². The highest BCUT2D eigenvalue weighted by Crippen LogP contribution is 2.36. The second-order valence-corrected chi connectivity index (χ2v) is 9.36. The van der Waals surface area contributed by atoms with Gasteiger partial charge in [0.2, 0.25) is 0 Å². The van der Waals surface area contributed by atoms with Crippen molar-refractivity contribution in [1.82, 2.24) is 0 Å². The predicted octanol–water partition coefficient (Wildman–Crippen LogP) is 8.71. The van der Waals surface area contributed by atoms with Gasteiger partial charge in [-0.1, -0.05) is 91.0 Å². The highest BCUT2D eigenvalue weighted by Gasteiger charge is 2.14. The zero-order valence-electron chi connectivity index (χ0n) is 19.9. The lowest BCUT2D eigenvalue weighted by Crippen LogP contribution is -2.09. The first-order valence-corrected chi connectivity index (χ1v) is 12.5. The van der Waals surface area contributed by atoms with Gasteiger partial charge in [0, 0.05) is 17.1 Å². The Hall–Kier alpha value is -4.10. The first-order chi connectivity index (χ1) is 17.3. The van der Waals surface area contributed by atoms with Crippen molar-refractivity contribution >= 4 is 17.1 Å². The number of rotatable bonds is 4. The SMILES string of the molecule is c1ccc(N(c2ccccc2)c2ccc(-c3cc4ccc3CCc3ccc(cc3)CC4)cc2)cc1. The van der Waals surface area contributed by atoms with Crippen molar-refractivity contribution < 1.29 is 0 Å². The molecule has 0 radical (unpaired) electrons. The van der Waals surface area contributed by atoms with Crippen LogP contribution in [0.3, 0.4) is 0 Å². The molecule has 0 spiro atoms. The normalized spacial score (nSPS) is 12.7. The van der Waals surface area contributed by atoms with E-state index in [9.17, 15) is 0 Å². The van der Waals surface area contributed by atoms with Gasteiger partial charge in [0.25, 0.3) is 0 Å². The Morgan fingerprint density at radius 1 is 0.400 bits per heavy atom. The van der Waals surface area contributed by atoms with Gasteiger partial charge < -0.3 is 4.90 Å². The van der Waals surface area contributed by atoms with E-state index >= 15 is 0 Å². The first-order valence-electron chi connectivity index (χ1n) is 12.5. The zero-order chi connectivity index (χ0) is 23.5. The van der Waals surface area contributed by atoms with Gasteiger partial charge in [-0.25, -0.2) is 0 Å². The fourth-order valence-corrected chi connectivity index (χ4v) is 5.10. The Kier molecular flexibility index (Phi) is 5.90. The number of hydrogen-bond donors (Lipinski definition) is 0. The van der Waals surface area contributed by atoms with Crippen LogP contribution in [0.1, 0.15) is 22.3 Å². The summed E-state index contributed by atoms with van der Waals surface area (Å²) in [7, 11) is 0. The fraction of sp³-hybridized carbons (Fsp3) is 0.118. The number of nitrogens with zero attached hydrogens (tertiary/aromatic N) is 1. The zero-order valence-corrected chi connectivity index (χ0v) is 19.9. The highest BCUT2D eigenvalue weighted by molar-refractivity contribution is 5.78. The van der Waals surface area contributed by atoms with E-state index in [0.29, 0.717) is 0 Å². The monoisotopic (exact) mass is 451 g/mol. The van der Waals surface area contributed by atoms with E-state index in [0.717, 1.165) is 42.7 Å². The standard InChI is InChI=1S/C34H29N/c1-3-7-31(8-4-1)35(32-9-5-2-6-10-32)33-23-21-30(22-24-33)34-25-28-16-15-26-11-13-27(14-12-26)17-19-29(34)20-18-28/h1-14,18,20-25H,15-17,19H2. The molecule has 0 aromatic heterocycles. The topological polar surface area (TPSA) is 3.24 Å². The van der Waals surface area contributed by atoms with Crippen LogP contribution in [0.15, 0.2) is 127 Å². The number of anilines is 3. The molecule has 0 heterocycles. The van der Waals surface area contributed by atoms with Crippen LogP contribution in [0.2, 0.25) is 0 Å². The average molecular weight is 452 g/mol. The van der Waals surface area contributed by atoms with Crippen molar-refractivity contribution in [3.8, 4) is 11.1 Å². The summed E-state index contributed by atoms with van der Waals surface area (Å²) in [5.41, 5.74) is 11.8. The molecule has 5 aromatic carbocycles. The number of aryl methyl sites for hydroxylation is 4. The summed E-state index contributed by atoms with van der Waals surface area (Å²) in [6.45, 7) is 0. The molecule has 0 fully saturated rings.